The van der Waals surface area contributed by atoms with Crippen LogP contribution < -0.4 is 10.5 Å². The van der Waals surface area contributed by atoms with E-state index in [1.165, 1.54) is 13.2 Å². The Morgan fingerprint density at radius 1 is 1.43 bits per heavy atom. The van der Waals surface area contributed by atoms with Gasteiger partial charge in [-0.15, -0.1) is 0 Å². The molecule has 0 bridgehead atoms. The summed E-state index contributed by atoms with van der Waals surface area (Å²) in [4.78, 5) is -0.194. The Bertz CT molecular complexity index is 458. The van der Waals surface area contributed by atoms with Gasteiger partial charge in [-0.1, -0.05) is 11.6 Å². The number of hydrogen-bond acceptors (Lipinski definition) is 4. The topological polar surface area (TPSA) is 69.4 Å². The summed E-state index contributed by atoms with van der Waals surface area (Å²) < 4.78 is 26.9. The molecule has 0 aliphatic carbocycles. The quantitative estimate of drug-likeness (QED) is 0.647. The van der Waals surface area contributed by atoms with Crippen molar-refractivity contribution in [1.29, 1.82) is 0 Å². The first-order chi connectivity index (χ1) is 6.36. The lowest BCUT2D eigenvalue weighted by Crippen LogP contribution is -1.98. The molecule has 0 amide bonds. The van der Waals surface area contributed by atoms with Gasteiger partial charge in [0.15, 0.2) is 0 Å². The van der Waals surface area contributed by atoms with E-state index in [4.69, 9.17) is 32.8 Å². The maximum atomic E-state index is 11.1. The first-order valence-corrected chi connectivity index (χ1v) is 6.12. The van der Waals surface area contributed by atoms with Gasteiger partial charge < -0.3 is 10.5 Å². The second kappa shape index (κ2) is 3.84. The molecule has 7 heteroatoms. The molecule has 4 nitrogen and oxygen atoms in total. The largest absolute Gasteiger partial charge is 0.495 e. The fourth-order valence-corrected chi connectivity index (χ4v) is 2.13. The van der Waals surface area contributed by atoms with E-state index in [1.807, 2.05) is 0 Å². The van der Waals surface area contributed by atoms with Crippen molar-refractivity contribution in [2.24, 2.45) is 0 Å². The molecule has 14 heavy (non-hydrogen) atoms. The molecule has 0 spiro atoms. The summed E-state index contributed by atoms with van der Waals surface area (Å²) in [6.07, 6.45) is 0. The smallest absolute Gasteiger partial charge is 0.265 e. The number of rotatable bonds is 2. The van der Waals surface area contributed by atoms with Gasteiger partial charge in [0.2, 0.25) is 0 Å². The standard InChI is InChI=1S/C7H7Cl2NO3S/c1-13-6-3-5(10)4(8)2-7(6)14(9,11)12/h2-3H,10H2,1H3. The van der Waals surface area contributed by atoms with Crippen LogP contribution in [-0.2, 0) is 9.05 Å². The molecule has 0 atom stereocenters. The maximum absolute atomic E-state index is 11.1. The van der Waals surface area contributed by atoms with Crippen LogP contribution in [0.5, 0.6) is 5.75 Å². The molecule has 0 aliphatic rings. The minimum atomic E-state index is -3.88. The van der Waals surface area contributed by atoms with Crippen molar-refractivity contribution in [3.8, 4) is 5.75 Å². The SMILES string of the molecule is COc1cc(N)c(Cl)cc1S(=O)(=O)Cl. The molecule has 1 aromatic rings. The van der Waals surface area contributed by atoms with Crippen molar-refractivity contribution in [3.63, 3.8) is 0 Å². The van der Waals surface area contributed by atoms with Crippen molar-refractivity contribution in [1.82, 2.24) is 0 Å². The Morgan fingerprint density at radius 3 is 2.43 bits per heavy atom. The van der Waals surface area contributed by atoms with Crippen LogP contribution in [0, 0.1) is 0 Å². The van der Waals surface area contributed by atoms with Crippen molar-refractivity contribution >= 4 is 37.0 Å². The van der Waals surface area contributed by atoms with Gasteiger partial charge >= 0.3 is 0 Å². The highest BCUT2D eigenvalue weighted by Gasteiger charge is 2.18. The third kappa shape index (κ3) is 2.23. The minimum Gasteiger partial charge on any atom is -0.495 e. The zero-order valence-electron chi connectivity index (χ0n) is 7.12. The van der Waals surface area contributed by atoms with Crippen LogP contribution in [0.3, 0.4) is 0 Å². The normalized spacial score (nSPS) is 11.4. The van der Waals surface area contributed by atoms with E-state index in [1.54, 1.807) is 0 Å². The summed E-state index contributed by atoms with van der Waals surface area (Å²) in [7, 11) is 2.60. The molecule has 0 radical (unpaired) electrons. The number of methoxy groups -OCH3 is 1. The highest BCUT2D eigenvalue weighted by atomic mass is 35.7. The highest BCUT2D eigenvalue weighted by molar-refractivity contribution is 8.13. The van der Waals surface area contributed by atoms with Crippen LogP contribution >= 0.6 is 22.3 Å². The predicted molar refractivity (Wildman–Crippen MR) is 55.5 cm³/mol. The van der Waals surface area contributed by atoms with Crippen LogP contribution in [0.1, 0.15) is 0 Å². The van der Waals surface area contributed by atoms with E-state index in [2.05, 4.69) is 0 Å². The molecule has 0 fully saturated rings. The lowest BCUT2D eigenvalue weighted by Gasteiger charge is -2.07. The predicted octanol–water partition coefficient (Wildman–Crippen LogP) is 1.86. The van der Waals surface area contributed by atoms with E-state index in [0.717, 1.165) is 6.07 Å². The van der Waals surface area contributed by atoms with Crippen molar-refractivity contribution in [2.75, 3.05) is 12.8 Å². The summed E-state index contributed by atoms with van der Waals surface area (Å²) in [6.45, 7) is 0. The molecule has 2 N–H and O–H groups in total. The Balaban J connectivity index is 3.51. The molecule has 0 saturated heterocycles. The number of nitrogen functional groups attached to an aromatic ring is 1. The Kier molecular flexibility index (Phi) is 3.14. The van der Waals surface area contributed by atoms with Gasteiger partial charge in [0.1, 0.15) is 10.6 Å². The number of anilines is 1. The Hall–Kier alpha value is -0.650. The number of halogens is 2. The second-order valence-corrected chi connectivity index (χ2v) is 5.40. The zero-order valence-corrected chi connectivity index (χ0v) is 9.45. The first-order valence-electron chi connectivity index (χ1n) is 3.44. The second-order valence-electron chi connectivity index (χ2n) is 2.46. The van der Waals surface area contributed by atoms with Crippen molar-refractivity contribution in [3.05, 3.63) is 17.2 Å². The summed E-state index contributed by atoms with van der Waals surface area (Å²) >= 11 is 5.65. The van der Waals surface area contributed by atoms with Crippen LogP contribution in [0.4, 0.5) is 5.69 Å². The number of hydrogen-bond donors (Lipinski definition) is 1. The Labute approximate surface area is 91.0 Å². The number of nitrogens with two attached hydrogens (primary N) is 1. The van der Waals surface area contributed by atoms with E-state index in [0.29, 0.717) is 0 Å². The molecule has 78 valence electrons. The van der Waals surface area contributed by atoms with Crippen LogP contribution in [0.15, 0.2) is 17.0 Å². The molecular formula is C7H7Cl2NO3S. The highest BCUT2D eigenvalue weighted by Crippen LogP contribution is 2.33. The van der Waals surface area contributed by atoms with Crippen LogP contribution in [0.2, 0.25) is 5.02 Å². The molecule has 0 unspecified atom stereocenters. The summed E-state index contributed by atoms with van der Waals surface area (Å²) in [5.41, 5.74) is 5.69. The number of ether oxygens (including phenoxy) is 1. The lowest BCUT2D eigenvalue weighted by molar-refractivity contribution is 0.403. The molecule has 0 saturated carbocycles. The molecule has 0 heterocycles. The van der Waals surface area contributed by atoms with Gasteiger partial charge in [-0.25, -0.2) is 8.42 Å². The van der Waals surface area contributed by atoms with Gasteiger partial charge in [-0.3, -0.25) is 0 Å². The van der Waals surface area contributed by atoms with Crippen molar-refractivity contribution < 1.29 is 13.2 Å². The summed E-state index contributed by atoms with van der Waals surface area (Å²) in [5, 5.41) is 0.116. The average molecular weight is 256 g/mol. The summed E-state index contributed by atoms with van der Waals surface area (Å²) in [5.74, 6) is 0.0712. The fourth-order valence-electron chi connectivity index (χ4n) is 0.901. The van der Waals surface area contributed by atoms with Gasteiger partial charge in [0.05, 0.1) is 17.8 Å². The molecule has 0 aliphatic heterocycles. The van der Waals surface area contributed by atoms with E-state index in [9.17, 15) is 8.42 Å². The molecule has 1 aromatic carbocycles. The van der Waals surface area contributed by atoms with Crippen molar-refractivity contribution in [2.45, 2.75) is 4.90 Å². The lowest BCUT2D eigenvalue weighted by atomic mass is 10.3. The first kappa shape index (κ1) is 11.4. The molecule has 1 rings (SSSR count). The van der Waals surface area contributed by atoms with Gasteiger partial charge in [-0.05, 0) is 6.07 Å². The zero-order chi connectivity index (χ0) is 10.9. The van der Waals surface area contributed by atoms with Gasteiger partial charge in [-0.2, -0.15) is 0 Å². The molecule has 0 aromatic heterocycles. The monoisotopic (exact) mass is 255 g/mol. The Morgan fingerprint density at radius 2 is 2.00 bits per heavy atom. The molecular weight excluding hydrogens is 249 g/mol. The third-order valence-corrected chi connectivity index (χ3v) is 3.22. The average Bonchev–Trinajstić information content (AvgIpc) is 2.07. The summed E-state index contributed by atoms with van der Waals surface area (Å²) in [6, 6.07) is 2.45. The number of benzene rings is 1. The maximum Gasteiger partial charge on any atom is 0.265 e. The van der Waals surface area contributed by atoms with E-state index in [-0.39, 0.29) is 21.4 Å². The van der Waals surface area contributed by atoms with Gasteiger partial charge in [0.25, 0.3) is 9.05 Å². The van der Waals surface area contributed by atoms with E-state index < -0.39 is 9.05 Å². The third-order valence-electron chi connectivity index (χ3n) is 1.55. The van der Waals surface area contributed by atoms with Crippen LogP contribution in [-0.4, -0.2) is 15.5 Å². The van der Waals surface area contributed by atoms with Gasteiger partial charge in [0, 0.05) is 16.7 Å². The van der Waals surface area contributed by atoms with E-state index >= 15 is 0 Å². The fraction of sp³-hybridized carbons (Fsp3) is 0.143. The van der Waals surface area contributed by atoms with Crippen LogP contribution in [0.25, 0.3) is 0 Å². The minimum absolute atomic E-state index is 0.0712.